The average Bonchev–Trinajstić information content (AvgIpc) is 3.18. The summed E-state index contributed by atoms with van der Waals surface area (Å²) in [5.41, 5.74) is 1.58. The van der Waals surface area contributed by atoms with Crippen molar-refractivity contribution in [2.24, 2.45) is 7.05 Å². The van der Waals surface area contributed by atoms with Crippen molar-refractivity contribution in [3.8, 4) is 0 Å². The quantitative estimate of drug-likeness (QED) is 0.868. The summed E-state index contributed by atoms with van der Waals surface area (Å²) in [4.78, 5) is 24.9. The third-order valence-corrected chi connectivity index (χ3v) is 5.76. The lowest BCUT2D eigenvalue weighted by Crippen LogP contribution is -2.36. The summed E-state index contributed by atoms with van der Waals surface area (Å²) >= 11 is 0. The summed E-state index contributed by atoms with van der Waals surface area (Å²) in [5.74, 6) is 1.16. The Balaban J connectivity index is 1.43. The molecule has 1 aliphatic heterocycles. The number of aromatic nitrogens is 5. The Morgan fingerprint density at radius 3 is 2.85 bits per heavy atom. The van der Waals surface area contributed by atoms with Crippen molar-refractivity contribution in [1.82, 2.24) is 29.9 Å². The fourth-order valence-electron chi connectivity index (χ4n) is 4.28. The topological polar surface area (TPSA) is 97.6 Å². The van der Waals surface area contributed by atoms with Gasteiger partial charge in [-0.1, -0.05) is 19.3 Å². The maximum absolute atomic E-state index is 12.8. The lowest BCUT2D eigenvalue weighted by molar-refractivity contribution is 0.0931. The molecule has 26 heavy (non-hydrogen) atoms. The van der Waals surface area contributed by atoms with E-state index in [1.165, 1.54) is 23.9 Å². The second-order valence-corrected chi connectivity index (χ2v) is 7.50. The van der Waals surface area contributed by atoms with Crippen LogP contribution in [0, 0.1) is 0 Å². The van der Waals surface area contributed by atoms with Crippen LogP contribution in [0.5, 0.6) is 0 Å². The molecule has 0 spiro atoms. The van der Waals surface area contributed by atoms with Gasteiger partial charge < -0.3 is 5.32 Å². The number of hydrogen-bond acceptors (Lipinski definition) is 4. The van der Waals surface area contributed by atoms with Crippen molar-refractivity contribution in [2.45, 2.75) is 69.9 Å². The summed E-state index contributed by atoms with van der Waals surface area (Å²) in [6.45, 7) is 0.591. The molecule has 1 saturated carbocycles. The molecule has 0 bridgehead atoms. The van der Waals surface area contributed by atoms with E-state index in [1.54, 1.807) is 17.8 Å². The van der Waals surface area contributed by atoms with Gasteiger partial charge in [-0.25, -0.2) is 9.48 Å². The predicted molar refractivity (Wildman–Crippen MR) is 96.1 cm³/mol. The van der Waals surface area contributed by atoms with E-state index in [9.17, 15) is 9.59 Å². The van der Waals surface area contributed by atoms with E-state index in [-0.39, 0.29) is 17.6 Å². The van der Waals surface area contributed by atoms with E-state index in [0.717, 1.165) is 37.2 Å². The first-order chi connectivity index (χ1) is 12.6. The molecule has 0 radical (unpaired) electrons. The molecule has 8 nitrogen and oxygen atoms in total. The molecule has 3 heterocycles. The largest absolute Gasteiger partial charge is 0.349 e. The van der Waals surface area contributed by atoms with Gasteiger partial charge in [0.15, 0.2) is 0 Å². The zero-order chi connectivity index (χ0) is 18.1. The molecule has 2 aromatic heterocycles. The van der Waals surface area contributed by atoms with Gasteiger partial charge in [0.05, 0.1) is 17.5 Å². The normalized spacial score (nSPS) is 21.2. The molecule has 2 aromatic rings. The van der Waals surface area contributed by atoms with E-state index in [2.05, 4.69) is 20.6 Å². The number of amides is 1. The fourth-order valence-corrected chi connectivity index (χ4v) is 4.28. The number of hydrogen-bond donors (Lipinski definition) is 2. The zero-order valence-electron chi connectivity index (χ0n) is 15.2. The summed E-state index contributed by atoms with van der Waals surface area (Å²) in [7, 11) is 1.68. The van der Waals surface area contributed by atoms with Crippen LogP contribution in [0.4, 0.5) is 0 Å². The minimum atomic E-state index is -0.0820. The van der Waals surface area contributed by atoms with Crippen LogP contribution in [-0.2, 0) is 20.0 Å². The number of rotatable bonds is 3. The molecular formula is C18H26N6O2. The first-order valence-electron chi connectivity index (χ1n) is 9.60. The van der Waals surface area contributed by atoms with Crippen LogP contribution in [0.1, 0.15) is 72.7 Å². The summed E-state index contributed by atoms with van der Waals surface area (Å²) in [5, 5.41) is 14.6. The van der Waals surface area contributed by atoms with E-state index >= 15 is 0 Å². The van der Waals surface area contributed by atoms with E-state index in [1.807, 2.05) is 0 Å². The van der Waals surface area contributed by atoms with E-state index in [4.69, 9.17) is 0 Å². The number of aromatic amines is 1. The van der Waals surface area contributed by atoms with Crippen molar-refractivity contribution in [1.29, 1.82) is 0 Å². The summed E-state index contributed by atoms with van der Waals surface area (Å²) < 4.78 is 3.10. The predicted octanol–water partition coefficient (Wildman–Crippen LogP) is 1.49. The first kappa shape index (κ1) is 17.1. The number of nitrogens with zero attached hydrogens (tertiary/aromatic N) is 4. The maximum atomic E-state index is 12.8. The highest BCUT2D eigenvalue weighted by atomic mass is 16.2. The molecule has 2 aliphatic rings. The monoisotopic (exact) mass is 358 g/mol. The Morgan fingerprint density at radius 1 is 1.23 bits per heavy atom. The van der Waals surface area contributed by atoms with E-state index in [0.29, 0.717) is 24.4 Å². The highest BCUT2D eigenvalue weighted by molar-refractivity contribution is 5.95. The minimum Gasteiger partial charge on any atom is -0.349 e. The Hall–Kier alpha value is -2.38. The van der Waals surface area contributed by atoms with Crippen molar-refractivity contribution >= 4 is 5.91 Å². The molecule has 1 atom stereocenters. The number of nitrogens with one attached hydrogen (secondary N) is 2. The highest BCUT2D eigenvalue weighted by Crippen LogP contribution is 2.33. The molecule has 2 N–H and O–H groups in total. The molecule has 8 heteroatoms. The molecule has 0 saturated heterocycles. The molecular weight excluding hydrogens is 332 g/mol. The number of carbonyl (C=O) groups excluding carboxylic acids is 1. The van der Waals surface area contributed by atoms with Crippen molar-refractivity contribution in [2.75, 3.05) is 0 Å². The summed E-state index contributed by atoms with van der Waals surface area (Å²) in [6, 6.07) is 0.0445. The lowest BCUT2D eigenvalue weighted by Gasteiger charge is -2.22. The fraction of sp³-hybridized carbons (Fsp3) is 0.667. The molecule has 1 fully saturated rings. The average molecular weight is 358 g/mol. The molecule has 1 aliphatic carbocycles. The zero-order valence-corrected chi connectivity index (χ0v) is 15.2. The Kier molecular flexibility index (Phi) is 4.65. The van der Waals surface area contributed by atoms with Gasteiger partial charge in [-0.2, -0.15) is 10.2 Å². The van der Waals surface area contributed by atoms with Crippen molar-refractivity contribution in [3.05, 3.63) is 33.8 Å². The van der Waals surface area contributed by atoms with Crippen molar-refractivity contribution in [3.63, 3.8) is 0 Å². The first-order valence-corrected chi connectivity index (χ1v) is 9.60. The van der Waals surface area contributed by atoms with Gasteiger partial charge in [-0.15, -0.1) is 0 Å². The highest BCUT2D eigenvalue weighted by Gasteiger charge is 2.26. The standard InChI is InChI=1S/C18H26N6O2/c1-23-18(26)24-10-9-13(7-8-15(24)22-23)20-17(25)14-11-19-21-16(14)12-5-3-2-4-6-12/h11-13H,2-10H2,1H3,(H,19,21)(H,20,25). The minimum absolute atomic E-state index is 0.0445. The summed E-state index contributed by atoms with van der Waals surface area (Å²) in [6.07, 6.45) is 9.83. The second kappa shape index (κ2) is 7.09. The van der Waals surface area contributed by atoms with Crippen LogP contribution in [0.25, 0.3) is 0 Å². The molecule has 140 valence electrons. The number of carbonyl (C=O) groups is 1. The second-order valence-electron chi connectivity index (χ2n) is 7.50. The SMILES string of the molecule is Cn1nc2n(c1=O)CCC(NC(=O)c1cn[nH]c1C1CCCCC1)CC2. The number of aryl methyl sites for hydroxylation is 2. The van der Waals surface area contributed by atoms with Crippen LogP contribution in [0.3, 0.4) is 0 Å². The van der Waals surface area contributed by atoms with Gasteiger partial charge >= 0.3 is 5.69 Å². The van der Waals surface area contributed by atoms with Gasteiger partial charge in [0, 0.05) is 32.0 Å². The van der Waals surface area contributed by atoms with Gasteiger partial charge in [-0.3, -0.25) is 14.5 Å². The van der Waals surface area contributed by atoms with Crippen LogP contribution in [-0.4, -0.2) is 36.5 Å². The van der Waals surface area contributed by atoms with Gasteiger partial charge in [0.1, 0.15) is 5.82 Å². The third kappa shape index (κ3) is 3.20. The van der Waals surface area contributed by atoms with Crippen LogP contribution < -0.4 is 11.0 Å². The number of fused-ring (bicyclic) bond motifs is 1. The van der Waals surface area contributed by atoms with Crippen LogP contribution in [0.2, 0.25) is 0 Å². The smallest absolute Gasteiger partial charge is 0.345 e. The van der Waals surface area contributed by atoms with E-state index < -0.39 is 0 Å². The van der Waals surface area contributed by atoms with Gasteiger partial charge in [0.25, 0.3) is 5.91 Å². The van der Waals surface area contributed by atoms with Gasteiger partial charge in [0.2, 0.25) is 0 Å². The molecule has 4 rings (SSSR count). The third-order valence-electron chi connectivity index (χ3n) is 5.76. The maximum Gasteiger partial charge on any atom is 0.345 e. The molecule has 1 unspecified atom stereocenters. The molecule has 0 aromatic carbocycles. The lowest BCUT2D eigenvalue weighted by atomic mass is 9.85. The Morgan fingerprint density at radius 2 is 2.04 bits per heavy atom. The number of H-pyrrole nitrogens is 1. The van der Waals surface area contributed by atoms with Crippen LogP contribution in [0.15, 0.2) is 11.0 Å². The van der Waals surface area contributed by atoms with Gasteiger partial charge in [-0.05, 0) is 25.7 Å². The van der Waals surface area contributed by atoms with Crippen molar-refractivity contribution < 1.29 is 4.79 Å². The van der Waals surface area contributed by atoms with Crippen LogP contribution >= 0.6 is 0 Å². The Labute approximate surface area is 152 Å². The Bertz CT molecular complexity index is 842. The molecule has 1 amide bonds.